The van der Waals surface area contributed by atoms with Crippen molar-refractivity contribution < 1.29 is 14.3 Å². The number of carbonyl (C=O) groups is 1. The highest BCUT2D eigenvalue weighted by Gasteiger charge is 2.08. The number of nitrogens with one attached hydrogen (secondary N) is 3. The second-order valence-electron chi connectivity index (χ2n) is 5.71. The maximum Gasteiger partial charge on any atom is 0.242 e. The van der Waals surface area contributed by atoms with E-state index in [0.29, 0.717) is 23.2 Å². The van der Waals surface area contributed by atoms with E-state index in [2.05, 4.69) is 16.2 Å². The average molecular weight is 373 g/mol. The molecule has 26 heavy (non-hydrogen) atoms. The van der Waals surface area contributed by atoms with Crippen LogP contribution in [-0.2, 0) is 17.8 Å². The standard InChI is InChI=1S/C19H23N3O3S/c1-13-4-6-14(7-5-13)12-20-19(26)22-21-18(23)11-15-8-9-16(24-2)17(10-15)25-3/h4-10H,11-12H2,1-3H3,(H,21,23)(H2,20,22,26). The van der Waals surface area contributed by atoms with E-state index in [1.807, 2.05) is 37.3 Å². The monoisotopic (exact) mass is 373 g/mol. The zero-order valence-corrected chi connectivity index (χ0v) is 15.9. The molecule has 0 atom stereocenters. The summed E-state index contributed by atoms with van der Waals surface area (Å²) in [6.07, 6.45) is 0.188. The highest BCUT2D eigenvalue weighted by atomic mass is 32.1. The topological polar surface area (TPSA) is 71.6 Å². The summed E-state index contributed by atoms with van der Waals surface area (Å²) in [5.74, 6) is 0.994. The van der Waals surface area contributed by atoms with Crippen molar-refractivity contribution in [2.75, 3.05) is 14.2 Å². The van der Waals surface area contributed by atoms with Gasteiger partial charge in [0.1, 0.15) is 0 Å². The number of benzene rings is 2. The van der Waals surface area contributed by atoms with Gasteiger partial charge in [-0.15, -0.1) is 0 Å². The van der Waals surface area contributed by atoms with Crippen LogP contribution in [0.25, 0.3) is 0 Å². The summed E-state index contributed by atoms with van der Waals surface area (Å²) in [4.78, 5) is 12.0. The summed E-state index contributed by atoms with van der Waals surface area (Å²) in [7, 11) is 3.13. The fourth-order valence-electron chi connectivity index (χ4n) is 2.28. The normalized spacial score (nSPS) is 9.96. The predicted molar refractivity (Wildman–Crippen MR) is 105 cm³/mol. The van der Waals surface area contributed by atoms with Crippen LogP contribution in [0.4, 0.5) is 0 Å². The number of aryl methyl sites for hydroxylation is 1. The van der Waals surface area contributed by atoms with Crippen molar-refractivity contribution in [3.8, 4) is 11.5 Å². The van der Waals surface area contributed by atoms with E-state index in [-0.39, 0.29) is 12.3 Å². The van der Waals surface area contributed by atoms with Gasteiger partial charge in [-0.25, -0.2) is 0 Å². The molecule has 0 spiro atoms. The largest absolute Gasteiger partial charge is 0.493 e. The molecule has 0 aliphatic rings. The van der Waals surface area contributed by atoms with Gasteiger partial charge in [0.05, 0.1) is 20.6 Å². The van der Waals surface area contributed by atoms with Gasteiger partial charge in [-0.05, 0) is 42.4 Å². The van der Waals surface area contributed by atoms with Gasteiger partial charge in [0, 0.05) is 6.54 Å². The molecule has 0 heterocycles. The highest BCUT2D eigenvalue weighted by molar-refractivity contribution is 7.80. The lowest BCUT2D eigenvalue weighted by atomic mass is 10.1. The molecule has 0 aliphatic heterocycles. The van der Waals surface area contributed by atoms with Crippen LogP contribution in [0.15, 0.2) is 42.5 Å². The van der Waals surface area contributed by atoms with Gasteiger partial charge < -0.3 is 14.8 Å². The highest BCUT2D eigenvalue weighted by Crippen LogP contribution is 2.27. The van der Waals surface area contributed by atoms with E-state index in [1.165, 1.54) is 5.56 Å². The van der Waals surface area contributed by atoms with Crippen molar-refractivity contribution in [3.05, 3.63) is 59.2 Å². The molecule has 0 saturated carbocycles. The van der Waals surface area contributed by atoms with Crippen LogP contribution in [0, 0.1) is 6.92 Å². The minimum Gasteiger partial charge on any atom is -0.493 e. The fourth-order valence-corrected chi connectivity index (χ4v) is 2.40. The Labute approximate surface area is 158 Å². The third-order valence-corrected chi connectivity index (χ3v) is 3.95. The Bertz CT molecular complexity index is 763. The Kier molecular flexibility index (Phi) is 7.23. The van der Waals surface area contributed by atoms with Gasteiger partial charge in [-0.2, -0.15) is 0 Å². The molecule has 1 amide bonds. The lowest BCUT2D eigenvalue weighted by Gasteiger charge is -2.12. The second-order valence-corrected chi connectivity index (χ2v) is 6.12. The van der Waals surface area contributed by atoms with Crippen molar-refractivity contribution in [1.82, 2.24) is 16.2 Å². The molecule has 0 unspecified atom stereocenters. The van der Waals surface area contributed by atoms with E-state index in [1.54, 1.807) is 26.4 Å². The van der Waals surface area contributed by atoms with Gasteiger partial charge in [0.2, 0.25) is 5.91 Å². The maximum absolute atomic E-state index is 12.0. The van der Waals surface area contributed by atoms with E-state index in [0.717, 1.165) is 11.1 Å². The molecule has 2 aromatic rings. The average Bonchev–Trinajstić information content (AvgIpc) is 2.65. The first-order valence-electron chi connectivity index (χ1n) is 8.11. The number of carbonyl (C=O) groups excluding carboxylic acids is 1. The smallest absolute Gasteiger partial charge is 0.242 e. The Hall–Kier alpha value is -2.80. The molecule has 138 valence electrons. The first-order chi connectivity index (χ1) is 12.5. The summed E-state index contributed by atoms with van der Waals surface area (Å²) < 4.78 is 10.4. The summed E-state index contributed by atoms with van der Waals surface area (Å²) in [5.41, 5.74) is 8.40. The Balaban J connectivity index is 1.77. The third kappa shape index (κ3) is 5.93. The van der Waals surface area contributed by atoms with E-state index >= 15 is 0 Å². The molecule has 3 N–H and O–H groups in total. The zero-order chi connectivity index (χ0) is 18.9. The lowest BCUT2D eigenvalue weighted by molar-refractivity contribution is -0.121. The molecule has 0 aromatic heterocycles. The third-order valence-electron chi connectivity index (χ3n) is 3.70. The Morgan fingerprint density at radius 1 is 0.962 bits per heavy atom. The van der Waals surface area contributed by atoms with Crippen molar-refractivity contribution in [2.24, 2.45) is 0 Å². The number of rotatable bonds is 6. The number of methoxy groups -OCH3 is 2. The van der Waals surface area contributed by atoms with Gasteiger partial charge in [0.15, 0.2) is 16.6 Å². The SMILES string of the molecule is COc1ccc(CC(=O)NNC(=S)NCc2ccc(C)cc2)cc1OC. The van der Waals surface area contributed by atoms with Crippen molar-refractivity contribution in [2.45, 2.75) is 19.9 Å². The summed E-state index contributed by atoms with van der Waals surface area (Å²) in [5, 5.41) is 3.39. The molecule has 0 aliphatic carbocycles. The number of thiocarbonyl (C=S) groups is 1. The number of hydrazine groups is 1. The Morgan fingerprint density at radius 3 is 2.27 bits per heavy atom. The van der Waals surface area contributed by atoms with Gasteiger partial charge in [-0.1, -0.05) is 35.9 Å². The van der Waals surface area contributed by atoms with Crippen LogP contribution in [0.2, 0.25) is 0 Å². The molecular formula is C19H23N3O3S. The minimum absolute atomic E-state index is 0.188. The number of hydrogen-bond acceptors (Lipinski definition) is 4. The number of amides is 1. The van der Waals surface area contributed by atoms with Crippen molar-refractivity contribution in [3.63, 3.8) is 0 Å². The second kappa shape index (κ2) is 9.62. The van der Waals surface area contributed by atoms with Crippen LogP contribution in [0.1, 0.15) is 16.7 Å². The maximum atomic E-state index is 12.0. The molecule has 0 saturated heterocycles. The zero-order valence-electron chi connectivity index (χ0n) is 15.1. The summed E-state index contributed by atoms with van der Waals surface area (Å²) in [6, 6.07) is 13.5. The van der Waals surface area contributed by atoms with E-state index in [9.17, 15) is 4.79 Å². The molecular weight excluding hydrogens is 350 g/mol. The molecule has 0 radical (unpaired) electrons. The molecule has 6 nitrogen and oxygen atoms in total. The van der Waals surface area contributed by atoms with Crippen LogP contribution < -0.4 is 25.6 Å². The van der Waals surface area contributed by atoms with Gasteiger partial charge in [0.25, 0.3) is 0 Å². The van der Waals surface area contributed by atoms with Crippen LogP contribution in [-0.4, -0.2) is 25.2 Å². The molecule has 0 bridgehead atoms. The summed E-state index contributed by atoms with van der Waals surface area (Å²) in [6.45, 7) is 2.62. The number of ether oxygens (including phenoxy) is 2. The van der Waals surface area contributed by atoms with Gasteiger partial charge >= 0.3 is 0 Å². The van der Waals surface area contributed by atoms with E-state index < -0.39 is 0 Å². The predicted octanol–water partition coefficient (Wildman–Crippen LogP) is 2.25. The number of hydrogen-bond donors (Lipinski definition) is 3. The van der Waals surface area contributed by atoms with Crippen LogP contribution in [0.5, 0.6) is 11.5 Å². The molecule has 0 fully saturated rings. The first kappa shape index (κ1) is 19.5. The summed E-state index contributed by atoms with van der Waals surface area (Å²) >= 11 is 5.16. The van der Waals surface area contributed by atoms with Crippen LogP contribution in [0.3, 0.4) is 0 Å². The molecule has 2 rings (SSSR count). The molecule has 7 heteroatoms. The van der Waals surface area contributed by atoms with E-state index in [4.69, 9.17) is 21.7 Å². The minimum atomic E-state index is -0.211. The van der Waals surface area contributed by atoms with Crippen molar-refractivity contribution >= 4 is 23.2 Å². The lowest BCUT2D eigenvalue weighted by Crippen LogP contribution is -2.47. The quantitative estimate of drug-likeness (QED) is 0.533. The van der Waals surface area contributed by atoms with Gasteiger partial charge in [-0.3, -0.25) is 15.6 Å². The Morgan fingerprint density at radius 2 is 1.62 bits per heavy atom. The van der Waals surface area contributed by atoms with Crippen LogP contribution >= 0.6 is 12.2 Å². The molecule has 2 aromatic carbocycles. The fraction of sp³-hybridized carbons (Fsp3) is 0.263. The first-order valence-corrected chi connectivity index (χ1v) is 8.51. The van der Waals surface area contributed by atoms with Crippen molar-refractivity contribution in [1.29, 1.82) is 0 Å².